The third kappa shape index (κ3) is 12.6. The van der Waals surface area contributed by atoms with Gasteiger partial charge in [-0.3, -0.25) is 9.80 Å². The number of ether oxygens (including phenoxy) is 2. The summed E-state index contributed by atoms with van der Waals surface area (Å²) in [6.45, 7) is 47.1. The summed E-state index contributed by atoms with van der Waals surface area (Å²) in [5, 5.41) is 0. The van der Waals surface area contributed by atoms with Crippen LogP contribution >= 0.6 is 0 Å². The minimum atomic E-state index is 0.586. The zero-order valence-electron chi connectivity index (χ0n) is 43.5. The molecule has 60 heavy (non-hydrogen) atoms. The van der Waals surface area contributed by atoms with Gasteiger partial charge in [-0.25, -0.2) is 0 Å². The Kier molecular flexibility index (Phi) is 18.9. The summed E-state index contributed by atoms with van der Waals surface area (Å²) < 4.78 is 11.5. The van der Waals surface area contributed by atoms with Crippen molar-refractivity contribution in [3.05, 3.63) is 0 Å². The Morgan fingerprint density at radius 1 is 0.400 bits per heavy atom. The van der Waals surface area contributed by atoms with Crippen molar-refractivity contribution in [2.75, 3.05) is 26.3 Å². The average molecular weight is 839 g/mol. The molecule has 0 amide bonds. The van der Waals surface area contributed by atoms with Crippen LogP contribution < -0.4 is 0 Å². The number of likely N-dealkylation sites (tertiary alicyclic amines) is 2. The molecule has 0 radical (unpaired) electrons. The number of fused-ring (bicyclic) bond motifs is 8. The van der Waals surface area contributed by atoms with Crippen LogP contribution in [-0.2, 0) is 9.47 Å². The number of hydrogen-bond donors (Lipinski definition) is 0. The van der Waals surface area contributed by atoms with Crippen molar-refractivity contribution < 1.29 is 9.47 Å². The minimum absolute atomic E-state index is 0.586. The molecule has 0 aromatic carbocycles. The fraction of sp³-hybridized carbons (Fsp3) is 1.00. The lowest BCUT2D eigenvalue weighted by Gasteiger charge is -2.49. The molecule has 12 fully saturated rings. The number of rotatable bonds is 6. The van der Waals surface area contributed by atoms with Crippen LogP contribution in [0, 0.1) is 107 Å². The second kappa shape index (κ2) is 22.4. The molecule has 4 nitrogen and oxygen atoms in total. The highest BCUT2D eigenvalue weighted by atomic mass is 16.5. The van der Waals surface area contributed by atoms with Gasteiger partial charge in [0.25, 0.3) is 0 Å². The standard InChI is InChI=1S/2C11H20O.2C9H17N.2C8H16/c2*1-7(2)11-8(3)10-5-4-9(11)6-12-10;2*1-6(2)10-5-8-4-9(8)7(10)3;2*1-6(2)8-5-4-7(8)3/h2*7-11H,4-6H2,1-3H3;2*6-9H,4-5H2,1-3H3;2*6-8H,4-5H2,1-3H3/t2*8-,9?,10?,11?;2*7-,8?,9?;2*7-,8?/m101010/s1. The molecule has 0 aromatic heterocycles. The van der Waals surface area contributed by atoms with E-state index in [4.69, 9.17) is 9.47 Å². The summed E-state index contributed by atoms with van der Waals surface area (Å²) in [4.78, 5) is 5.28. The predicted molar refractivity (Wildman–Crippen MR) is 259 cm³/mol. The van der Waals surface area contributed by atoms with Gasteiger partial charge in [-0.1, -0.05) is 95.9 Å². The molecule has 0 aromatic rings. The van der Waals surface area contributed by atoms with E-state index in [0.717, 1.165) is 144 Å². The molecular formula is C56H106N2O2. The van der Waals surface area contributed by atoms with Crippen molar-refractivity contribution in [2.24, 2.45) is 107 Å². The molecule has 12 rings (SSSR count). The maximum atomic E-state index is 5.77. The molecule has 6 saturated heterocycles. The van der Waals surface area contributed by atoms with E-state index in [1.165, 1.54) is 77.3 Å². The molecule has 4 bridgehead atoms. The molecule has 4 heteroatoms. The maximum Gasteiger partial charge on any atom is 0.0603 e. The van der Waals surface area contributed by atoms with Crippen LogP contribution in [0.15, 0.2) is 0 Å². The first-order valence-corrected chi connectivity index (χ1v) is 27.0. The van der Waals surface area contributed by atoms with Gasteiger partial charge >= 0.3 is 0 Å². The Balaban J connectivity index is 0.000000138. The van der Waals surface area contributed by atoms with Gasteiger partial charge in [0, 0.05) is 37.3 Å². The fourth-order valence-corrected chi connectivity index (χ4v) is 14.9. The predicted octanol–water partition coefficient (Wildman–Crippen LogP) is 14.3. The Bertz CT molecular complexity index is 1120. The van der Waals surface area contributed by atoms with Gasteiger partial charge in [0.05, 0.1) is 25.4 Å². The highest BCUT2D eigenvalue weighted by molar-refractivity contribution is 5.04. The van der Waals surface area contributed by atoms with Crippen LogP contribution in [0.2, 0.25) is 0 Å². The van der Waals surface area contributed by atoms with Crippen LogP contribution in [0.5, 0.6) is 0 Å². The molecule has 12 unspecified atom stereocenters. The maximum absolute atomic E-state index is 5.77. The van der Waals surface area contributed by atoms with Crippen LogP contribution in [0.1, 0.15) is 189 Å². The quantitative estimate of drug-likeness (QED) is 0.266. The Morgan fingerprint density at radius 3 is 0.867 bits per heavy atom. The SMILES string of the molecule is CC(C)C1C2CCC(OC2)[C@@H]1C.CC(C)C1C2CCC(OC2)[C@H]1C.CC(C)C1CC[C@@H]1C.CC(C)C1CC[C@H]1C.CC(C)N1CC2CC2[C@@H]1C.CC(C)N1CC2CC2[C@H]1C. The summed E-state index contributed by atoms with van der Waals surface area (Å²) in [7, 11) is 0. The zero-order valence-corrected chi connectivity index (χ0v) is 43.5. The minimum Gasteiger partial charge on any atom is -0.378 e. The van der Waals surface area contributed by atoms with Crippen LogP contribution in [-0.4, -0.2) is 72.5 Å². The topological polar surface area (TPSA) is 24.9 Å². The lowest BCUT2D eigenvalue weighted by atomic mass is 9.65. The molecule has 6 saturated carbocycles. The molecule has 18 atom stereocenters. The Labute approximate surface area is 376 Å². The third-order valence-corrected chi connectivity index (χ3v) is 19.3. The van der Waals surface area contributed by atoms with Crippen LogP contribution in [0.4, 0.5) is 0 Å². The zero-order chi connectivity index (χ0) is 44.3. The van der Waals surface area contributed by atoms with E-state index in [1.807, 2.05) is 0 Å². The molecule has 12 aliphatic rings. The molecule has 0 spiro atoms. The van der Waals surface area contributed by atoms with Crippen molar-refractivity contribution in [1.29, 1.82) is 0 Å². The van der Waals surface area contributed by atoms with Gasteiger partial charge < -0.3 is 9.47 Å². The van der Waals surface area contributed by atoms with Gasteiger partial charge in [-0.05, 0) is 199 Å². The van der Waals surface area contributed by atoms with E-state index in [0.29, 0.717) is 12.2 Å². The van der Waals surface area contributed by atoms with E-state index < -0.39 is 0 Å². The van der Waals surface area contributed by atoms with E-state index in [9.17, 15) is 0 Å². The summed E-state index contributed by atoms with van der Waals surface area (Å²) in [5.74, 6) is 17.2. The molecule has 6 aliphatic heterocycles. The molecule has 6 aliphatic carbocycles. The monoisotopic (exact) mass is 839 g/mol. The second-order valence-corrected chi connectivity index (χ2v) is 25.1. The van der Waals surface area contributed by atoms with Crippen molar-refractivity contribution >= 4 is 0 Å². The normalized spacial score (nSPS) is 44.2. The highest BCUT2D eigenvalue weighted by Crippen LogP contribution is 2.51. The fourth-order valence-electron chi connectivity index (χ4n) is 14.9. The highest BCUT2D eigenvalue weighted by Gasteiger charge is 2.51. The largest absolute Gasteiger partial charge is 0.378 e. The van der Waals surface area contributed by atoms with Gasteiger partial charge in [-0.2, -0.15) is 0 Å². The number of hydrogen-bond acceptors (Lipinski definition) is 4. The van der Waals surface area contributed by atoms with Crippen molar-refractivity contribution in [3.63, 3.8) is 0 Å². The molecular weight excluding hydrogens is 733 g/mol. The van der Waals surface area contributed by atoms with Crippen molar-refractivity contribution in [2.45, 2.75) is 225 Å². The van der Waals surface area contributed by atoms with E-state index in [-0.39, 0.29) is 0 Å². The summed E-state index contributed by atoms with van der Waals surface area (Å²) >= 11 is 0. The summed E-state index contributed by atoms with van der Waals surface area (Å²) in [6, 6.07) is 3.29. The van der Waals surface area contributed by atoms with Crippen LogP contribution in [0.25, 0.3) is 0 Å². The summed E-state index contributed by atoms with van der Waals surface area (Å²) in [5.41, 5.74) is 0. The number of piperidine rings is 2. The van der Waals surface area contributed by atoms with Gasteiger partial charge in [-0.15, -0.1) is 0 Å². The molecule has 6 heterocycles. The van der Waals surface area contributed by atoms with Crippen LogP contribution in [0.3, 0.4) is 0 Å². The van der Waals surface area contributed by atoms with Gasteiger partial charge in [0.15, 0.2) is 0 Å². The Morgan fingerprint density at radius 2 is 0.750 bits per heavy atom. The van der Waals surface area contributed by atoms with Gasteiger partial charge in [0.1, 0.15) is 0 Å². The first kappa shape index (κ1) is 50.8. The van der Waals surface area contributed by atoms with Crippen molar-refractivity contribution in [1.82, 2.24) is 9.80 Å². The van der Waals surface area contributed by atoms with E-state index in [2.05, 4.69) is 134 Å². The third-order valence-electron chi connectivity index (χ3n) is 19.3. The Hall–Kier alpha value is -0.160. The first-order valence-electron chi connectivity index (χ1n) is 27.0. The van der Waals surface area contributed by atoms with Gasteiger partial charge in [0.2, 0.25) is 0 Å². The average Bonchev–Trinajstić information content (AvgIpc) is 4.08. The van der Waals surface area contributed by atoms with E-state index in [1.54, 1.807) is 0 Å². The summed E-state index contributed by atoms with van der Waals surface area (Å²) in [6.07, 6.45) is 15.6. The lowest BCUT2D eigenvalue weighted by Crippen LogP contribution is -2.48. The number of nitrogens with zero attached hydrogens (tertiary/aromatic N) is 2. The lowest BCUT2D eigenvalue weighted by molar-refractivity contribution is -0.140. The molecule has 352 valence electrons. The second-order valence-electron chi connectivity index (χ2n) is 25.1. The molecule has 0 N–H and O–H groups in total. The van der Waals surface area contributed by atoms with E-state index >= 15 is 0 Å². The first-order chi connectivity index (χ1) is 28.2. The van der Waals surface area contributed by atoms with Crippen molar-refractivity contribution in [3.8, 4) is 0 Å². The smallest absolute Gasteiger partial charge is 0.0603 e.